The first-order chi connectivity index (χ1) is 13.0. The Hall–Kier alpha value is -2.91. The average molecular weight is 380 g/mol. The van der Waals surface area contributed by atoms with Gasteiger partial charge < -0.3 is 15.1 Å². The molecule has 0 unspecified atom stereocenters. The van der Waals surface area contributed by atoms with Crippen LogP contribution in [0.15, 0.2) is 78.9 Å². The van der Waals surface area contributed by atoms with Gasteiger partial charge in [0.15, 0.2) is 7.14 Å². The van der Waals surface area contributed by atoms with E-state index in [2.05, 4.69) is 5.32 Å². The molecule has 0 spiro atoms. The summed E-state index contributed by atoms with van der Waals surface area (Å²) in [5.74, 6) is -0.209. The van der Waals surface area contributed by atoms with Gasteiger partial charge in [0.25, 0.3) is 0 Å². The monoisotopic (exact) mass is 380 g/mol. The van der Waals surface area contributed by atoms with Crippen molar-refractivity contribution < 1.29 is 14.1 Å². The number of nitrogens with one attached hydrogen (secondary N) is 1. The zero-order valence-electron chi connectivity index (χ0n) is 15.0. The largest absolute Gasteiger partial charge is 0.618 e. The summed E-state index contributed by atoms with van der Waals surface area (Å²) in [6.45, 7) is 1.53. The first-order valence-corrected chi connectivity index (χ1v) is 10.5. The maximum atomic E-state index is 14.1. The Kier molecular flexibility index (Phi) is 5.72. The number of carbonyl (C=O) groups is 1. The van der Waals surface area contributed by atoms with Crippen LogP contribution < -0.4 is 20.7 Å². The minimum absolute atomic E-state index is 0.110. The summed E-state index contributed by atoms with van der Waals surface area (Å²) in [6.07, 6.45) is 0.110. The van der Waals surface area contributed by atoms with Crippen LogP contribution in [0.25, 0.3) is 0 Å². The highest BCUT2D eigenvalue weighted by atomic mass is 31.2. The van der Waals surface area contributed by atoms with Crippen molar-refractivity contribution in [1.29, 1.82) is 0 Å². The number of pyridine rings is 1. The third kappa shape index (κ3) is 4.26. The lowest BCUT2D eigenvalue weighted by Gasteiger charge is -2.19. The van der Waals surface area contributed by atoms with E-state index in [1.807, 2.05) is 60.7 Å². The normalized spacial score (nSPS) is 11.1. The molecule has 1 aromatic heterocycles. The zero-order valence-corrected chi connectivity index (χ0v) is 15.9. The second-order valence-corrected chi connectivity index (χ2v) is 9.11. The maximum absolute atomic E-state index is 14.1. The summed E-state index contributed by atoms with van der Waals surface area (Å²) in [5, 5.41) is 16.8. The van der Waals surface area contributed by atoms with Crippen molar-refractivity contribution in [1.82, 2.24) is 5.32 Å². The molecule has 0 saturated heterocycles. The van der Waals surface area contributed by atoms with Crippen molar-refractivity contribution in [2.45, 2.75) is 19.6 Å². The fourth-order valence-electron chi connectivity index (χ4n) is 2.95. The van der Waals surface area contributed by atoms with Crippen LogP contribution in [0, 0.1) is 5.21 Å². The molecule has 0 aliphatic heterocycles. The van der Waals surface area contributed by atoms with Crippen molar-refractivity contribution in [2.24, 2.45) is 0 Å². The van der Waals surface area contributed by atoms with E-state index in [1.165, 1.54) is 6.92 Å². The highest BCUT2D eigenvalue weighted by molar-refractivity contribution is 7.78. The molecule has 27 heavy (non-hydrogen) atoms. The molecule has 0 radical (unpaired) electrons. The first kappa shape index (κ1) is 18.9. The molecule has 6 heteroatoms. The van der Waals surface area contributed by atoms with E-state index in [9.17, 15) is 14.6 Å². The van der Waals surface area contributed by atoms with Crippen LogP contribution in [0.4, 0.5) is 0 Å². The topological polar surface area (TPSA) is 73.1 Å². The standard InChI is InChI=1S/C21H21N2O3P/c1-17(24)22-15-18-9-8-10-19(23(18)25)16-27(26,20-11-4-2-5-12-20)21-13-6-3-7-14-21/h2-14H,15-16H2,1H3,(H,22,24). The van der Waals surface area contributed by atoms with Crippen molar-refractivity contribution >= 4 is 23.7 Å². The summed E-state index contributed by atoms with van der Waals surface area (Å²) >= 11 is 0. The fourth-order valence-corrected chi connectivity index (χ4v) is 5.61. The quantitative estimate of drug-likeness (QED) is 0.406. The molecule has 3 rings (SSSR count). The molecular weight excluding hydrogens is 359 g/mol. The van der Waals surface area contributed by atoms with E-state index in [-0.39, 0.29) is 18.6 Å². The van der Waals surface area contributed by atoms with Gasteiger partial charge in [0.1, 0.15) is 6.54 Å². The molecule has 1 amide bonds. The molecule has 0 fully saturated rings. The zero-order chi connectivity index (χ0) is 19.3. The molecule has 5 nitrogen and oxygen atoms in total. The van der Waals surface area contributed by atoms with Gasteiger partial charge in [-0.15, -0.1) is 0 Å². The van der Waals surface area contributed by atoms with Crippen molar-refractivity contribution in [3.05, 3.63) is 95.5 Å². The van der Waals surface area contributed by atoms with Gasteiger partial charge in [-0.3, -0.25) is 4.79 Å². The third-order valence-electron chi connectivity index (χ3n) is 4.35. The predicted molar refractivity (Wildman–Crippen MR) is 106 cm³/mol. The number of amides is 1. The molecular formula is C21H21N2O3P. The predicted octanol–water partition coefficient (Wildman–Crippen LogP) is 2.47. The van der Waals surface area contributed by atoms with E-state index in [4.69, 9.17) is 0 Å². The van der Waals surface area contributed by atoms with Gasteiger partial charge in [-0.2, -0.15) is 4.73 Å². The highest BCUT2D eigenvalue weighted by Crippen LogP contribution is 2.46. The second-order valence-electron chi connectivity index (χ2n) is 6.28. The van der Waals surface area contributed by atoms with Gasteiger partial charge in [-0.1, -0.05) is 60.7 Å². The van der Waals surface area contributed by atoms with Crippen LogP contribution in [0.5, 0.6) is 0 Å². The van der Waals surface area contributed by atoms with Gasteiger partial charge in [0.2, 0.25) is 17.3 Å². The van der Waals surface area contributed by atoms with Gasteiger partial charge in [0, 0.05) is 29.7 Å². The maximum Gasteiger partial charge on any atom is 0.217 e. The molecule has 0 atom stereocenters. The van der Waals surface area contributed by atoms with Crippen molar-refractivity contribution in [2.75, 3.05) is 0 Å². The summed E-state index contributed by atoms with van der Waals surface area (Å²) in [6, 6.07) is 23.6. The van der Waals surface area contributed by atoms with Crippen molar-refractivity contribution in [3.8, 4) is 0 Å². The van der Waals surface area contributed by atoms with Crippen LogP contribution in [0.3, 0.4) is 0 Å². The summed E-state index contributed by atoms with van der Waals surface area (Å²) in [4.78, 5) is 11.1. The van der Waals surface area contributed by atoms with Gasteiger partial charge in [-0.05, 0) is 6.07 Å². The molecule has 138 valence electrons. The number of hydrogen-bond acceptors (Lipinski definition) is 3. The second kappa shape index (κ2) is 8.19. The Bertz CT molecular complexity index is 932. The molecule has 0 saturated carbocycles. The van der Waals surface area contributed by atoms with E-state index in [0.29, 0.717) is 22.0 Å². The molecule has 3 aromatic rings. The van der Waals surface area contributed by atoms with Crippen molar-refractivity contribution in [3.63, 3.8) is 0 Å². The number of hydrogen-bond donors (Lipinski definition) is 1. The van der Waals surface area contributed by atoms with E-state index >= 15 is 0 Å². The Balaban J connectivity index is 2.03. The Labute approximate surface area is 158 Å². The lowest BCUT2D eigenvalue weighted by Crippen LogP contribution is -2.40. The minimum Gasteiger partial charge on any atom is -0.618 e. The van der Waals surface area contributed by atoms with Gasteiger partial charge >= 0.3 is 0 Å². The van der Waals surface area contributed by atoms with E-state index in [1.54, 1.807) is 18.2 Å². The average Bonchev–Trinajstić information content (AvgIpc) is 2.70. The van der Waals surface area contributed by atoms with Crippen LogP contribution in [-0.4, -0.2) is 5.91 Å². The molecule has 1 heterocycles. The van der Waals surface area contributed by atoms with Crippen LogP contribution in [0.2, 0.25) is 0 Å². The lowest BCUT2D eigenvalue weighted by molar-refractivity contribution is -0.621. The number of nitrogens with zero attached hydrogens (tertiary/aromatic N) is 1. The summed E-state index contributed by atoms with van der Waals surface area (Å²) < 4.78 is 14.9. The number of benzene rings is 2. The first-order valence-electron chi connectivity index (χ1n) is 8.66. The van der Waals surface area contributed by atoms with Gasteiger partial charge in [0.05, 0.1) is 6.16 Å². The smallest absolute Gasteiger partial charge is 0.217 e. The molecule has 0 aliphatic carbocycles. The number of aromatic nitrogens is 1. The Morgan fingerprint density at radius 3 is 1.93 bits per heavy atom. The number of carbonyl (C=O) groups excluding carboxylic acids is 1. The minimum atomic E-state index is -3.04. The molecule has 1 N–H and O–H groups in total. The number of rotatable bonds is 6. The van der Waals surface area contributed by atoms with E-state index in [0.717, 1.165) is 4.73 Å². The highest BCUT2D eigenvalue weighted by Gasteiger charge is 2.31. The van der Waals surface area contributed by atoms with E-state index < -0.39 is 7.14 Å². The SMILES string of the molecule is CC(=O)NCc1cccc(CP(=O)(c2ccccc2)c2ccccc2)[n+]1[O-]. The van der Waals surface area contributed by atoms with Crippen LogP contribution in [-0.2, 0) is 22.1 Å². The van der Waals surface area contributed by atoms with Gasteiger partial charge in [-0.25, -0.2) is 0 Å². The Morgan fingerprint density at radius 1 is 0.889 bits per heavy atom. The van der Waals surface area contributed by atoms with Crippen LogP contribution >= 0.6 is 7.14 Å². The fraction of sp³-hybridized carbons (Fsp3) is 0.143. The lowest BCUT2D eigenvalue weighted by atomic mass is 10.3. The summed E-state index contributed by atoms with van der Waals surface area (Å²) in [5.41, 5.74) is 0.823. The molecule has 0 bridgehead atoms. The third-order valence-corrected chi connectivity index (χ3v) is 7.38. The van der Waals surface area contributed by atoms with Crippen LogP contribution in [0.1, 0.15) is 18.3 Å². The molecule has 2 aromatic carbocycles. The summed E-state index contributed by atoms with van der Waals surface area (Å²) in [7, 11) is -3.04. The molecule has 0 aliphatic rings. The Morgan fingerprint density at radius 2 is 1.41 bits per heavy atom.